The van der Waals surface area contributed by atoms with Crippen LogP contribution in [0.2, 0.25) is 0 Å². The number of hydrogen-bond acceptors (Lipinski definition) is 5. The van der Waals surface area contributed by atoms with E-state index >= 15 is 0 Å². The summed E-state index contributed by atoms with van der Waals surface area (Å²) in [5.74, 6) is 0.0857. The van der Waals surface area contributed by atoms with E-state index in [-0.39, 0.29) is 5.91 Å². The van der Waals surface area contributed by atoms with Crippen molar-refractivity contribution in [2.45, 2.75) is 39.4 Å². The van der Waals surface area contributed by atoms with Crippen LogP contribution >= 0.6 is 11.3 Å². The number of thiazole rings is 1. The average Bonchev–Trinajstić information content (AvgIpc) is 3.40. The average molecular weight is 370 g/mol. The van der Waals surface area contributed by atoms with Crippen LogP contribution < -0.4 is 0 Å². The fourth-order valence-electron chi connectivity index (χ4n) is 3.99. The van der Waals surface area contributed by atoms with Gasteiger partial charge in [0.15, 0.2) is 10.7 Å². The third-order valence-corrected chi connectivity index (χ3v) is 6.18. The zero-order valence-corrected chi connectivity index (χ0v) is 15.7. The van der Waals surface area contributed by atoms with Crippen molar-refractivity contribution in [2.75, 3.05) is 19.6 Å². The molecule has 1 amide bonds. The second-order valence-electron chi connectivity index (χ2n) is 7.15. The first-order chi connectivity index (χ1) is 12.7. The number of imidazole rings is 1. The first-order valence-corrected chi connectivity index (χ1v) is 10.1. The van der Waals surface area contributed by atoms with Crippen LogP contribution in [0.1, 0.15) is 40.4 Å². The summed E-state index contributed by atoms with van der Waals surface area (Å²) in [6.45, 7) is 7.25. The SMILES string of the molecule is Cc1nc2sccn2c1CN1CCn2nc(C(=O)N3CCCC3)cc2C1. The highest BCUT2D eigenvalue weighted by atomic mass is 32.1. The molecule has 0 aromatic carbocycles. The fourth-order valence-corrected chi connectivity index (χ4v) is 4.76. The van der Waals surface area contributed by atoms with Gasteiger partial charge in [-0.3, -0.25) is 18.8 Å². The van der Waals surface area contributed by atoms with Crippen molar-refractivity contribution >= 4 is 22.2 Å². The van der Waals surface area contributed by atoms with Crippen LogP contribution in [0.4, 0.5) is 0 Å². The lowest BCUT2D eigenvalue weighted by molar-refractivity contribution is 0.0786. The first-order valence-electron chi connectivity index (χ1n) is 9.18. The highest BCUT2D eigenvalue weighted by Crippen LogP contribution is 2.22. The predicted molar refractivity (Wildman–Crippen MR) is 99.3 cm³/mol. The van der Waals surface area contributed by atoms with Gasteiger partial charge in [-0.15, -0.1) is 11.3 Å². The molecule has 5 heterocycles. The van der Waals surface area contributed by atoms with Crippen molar-refractivity contribution in [1.82, 2.24) is 29.0 Å². The third kappa shape index (κ3) is 2.64. The highest BCUT2D eigenvalue weighted by Gasteiger charge is 2.26. The molecule has 26 heavy (non-hydrogen) atoms. The largest absolute Gasteiger partial charge is 0.337 e. The van der Waals surface area contributed by atoms with Crippen molar-refractivity contribution in [3.63, 3.8) is 0 Å². The Bertz CT molecular complexity index is 964. The molecule has 1 fully saturated rings. The Labute approximate surface area is 155 Å². The summed E-state index contributed by atoms with van der Waals surface area (Å²) in [6, 6.07) is 1.98. The zero-order chi connectivity index (χ0) is 17.7. The monoisotopic (exact) mass is 370 g/mol. The molecule has 136 valence electrons. The van der Waals surface area contributed by atoms with E-state index in [0.29, 0.717) is 5.69 Å². The number of carbonyl (C=O) groups excluding carboxylic acids is 1. The maximum atomic E-state index is 12.6. The number of aromatic nitrogens is 4. The second-order valence-corrected chi connectivity index (χ2v) is 8.03. The van der Waals surface area contributed by atoms with Gasteiger partial charge in [0.25, 0.3) is 5.91 Å². The number of hydrogen-bond donors (Lipinski definition) is 0. The van der Waals surface area contributed by atoms with Crippen molar-refractivity contribution in [1.29, 1.82) is 0 Å². The number of aryl methyl sites for hydroxylation is 1. The number of rotatable bonds is 3. The molecule has 0 N–H and O–H groups in total. The maximum absolute atomic E-state index is 12.6. The standard InChI is InChI=1S/C18H22N6OS/c1-13-16(23-8-9-26-18(23)19-13)12-21-6-7-24-14(11-21)10-15(20-24)17(25)22-4-2-3-5-22/h8-10H,2-7,11-12H2,1H3. The summed E-state index contributed by atoms with van der Waals surface area (Å²) in [5.41, 5.74) is 4.08. The molecule has 3 aromatic rings. The Morgan fingerprint density at radius 3 is 2.92 bits per heavy atom. The molecular weight excluding hydrogens is 348 g/mol. The molecule has 0 unspecified atom stereocenters. The van der Waals surface area contributed by atoms with Gasteiger partial charge in [-0.25, -0.2) is 4.98 Å². The highest BCUT2D eigenvalue weighted by molar-refractivity contribution is 7.15. The summed E-state index contributed by atoms with van der Waals surface area (Å²) < 4.78 is 4.19. The molecule has 0 spiro atoms. The van der Waals surface area contributed by atoms with Gasteiger partial charge in [0.1, 0.15) is 0 Å². The molecule has 1 saturated heterocycles. The van der Waals surface area contributed by atoms with E-state index in [1.54, 1.807) is 11.3 Å². The smallest absolute Gasteiger partial charge is 0.274 e. The molecule has 0 bridgehead atoms. The van der Waals surface area contributed by atoms with Crippen molar-refractivity contribution < 1.29 is 4.79 Å². The van der Waals surface area contributed by atoms with Gasteiger partial charge < -0.3 is 4.90 Å². The van der Waals surface area contributed by atoms with Crippen LogP contribution in [0.3, 0.4) is 0 Å². The molecule has 0 saturated carbocycles. The number of fused-ring (bicyclic) bond motifs is 2. The van der Waals surface area contributed by atoms with Gasteiger partial charge >= 0.3 is 0 Å². The minimum absolute atomic E-state index is 0.0857. The molecule has 2 aliphatic heterocycles. The van der Waals surface area contributed by atoms with Crippen LogP contribution in [0.25, 0.3) is 4.96 Å². The zero-order valence-electron chi connectivity index (χ0n) is 14.9. The lowest BCUT2D eigenvalue weighted by Gasteiger charge is -2.27. The Morgan fingerprint density at radius 1 is 1.23 bits per heavy atom. The Morgan fingerprint density at radius 2 is 2.08 bits per heavy atom. The van der Waals surface area contributed by atoms with E-state index in [4.69, 9.17) is 0 Å². The quantitative estimate of drug-likeness (QED) is 0.709. The lowest BCUT2D eigenvalue weighted by Crippen LogP contribution is -2.34. The fraction of sp³-hybridized carbons (Fsp3) is 0.500. The van der Waals surface area contributed by atoms with E-state index in [9.17, 15) is 4.79 Å². The van der Waals surface area contributed by atoms with E-state index in [1.165, 1.54) is 5.69 Å². The van der Waals surface area contributed by atoms with E-state index < -0.39 is 0 Å². The number of likely N-dealkylation sites (tertiary alicyclic amines) is 1. The topological polar surface area (TPSA) is 58.7 Å². The molecular formula is C18H22N6OS. The van der Waals surface area contributed by atoms with Crippen LogP contribution in [0.15, 0.2) is 17.6 Å². The molecule has 0 atom stereocenters. The molecule has 7 nitrogen and oxygen atoms in total. The maximum Gasteiger partial charge on any atom is 0.274 e. The summed E-state index contributed by atoms with van der Waals surface area (Å²) in [6.07, 6.45) is 4.31. The predicted octanol–water partition coefficient (Wildman–Crippen LogP) is 2.15. The third-order valence-electron chi connectivity index (χ3n) is 5.42. The van der Waals surface area contributed by atoms with Gasteiger partial charge in [0.05, 0.1) is 23.6 Å². The van der Waals surface area contributed by atoms with E-state index in [2.05, 4.69) is 37.9 Å². The minimum Gasteiger partial charge on any atom is -0.337 e. The van der Waals surface area contributed by atoms with Crippen molar-refractivity contribution in [3.05, 3.63) is 40.4 Å². The first kappa shape index (κ1) is 16.0. The van der Waals surface area contributed by atoms with Gasteiger partial charge in [0, 0.05) is 44.3 Å². The Kier molecular flexibility index (Phi) is 3.82. The second kappa shape index (κ2) is 6.21. The van der Waals surface area contributed by atoms with Gasteiger partial charge in [-0.2, -0.15) is 5.10 Å². The molecule has 0 aliphatic carbocycles. The Balaban J connectivity index is 1.34. The van der Waals surface area contributed by atoms with Crippen molar-refractivity contribution in [3.8, 4) is 0 Å². The molecule has 2 aliphatic rings. The summed E-state index contributed by atoms with van der Waals surface area (Å²) in [5, 5.41) is 6.65. The number of nitrogens with zero attached hydrogens (tertiary/aromatic N) is 6. The minimum atomic E-state index is 0.0857. The molecule has 0 radical (unpaired) electrons. The molecule has 3 aromatic heterocycles. The Hall–Kier alpha value is -2.19. The van der Waals surface area contributed by atoms with Crippen LogP contribution in [-0.4, -0.2) is 54.5 Å². The summed E-state index contributed by atoms with van der Waals surface area (Å²) in [4.78, 5) is 22.6. The van der Waals surface area contributed by atoms with Crippen LogP contribution in [-0.2, 0) is 19.6 Å². The van der Waals surface area contributed by atoms with Crippen LogP contribution in [0, 0.1) is 6.92 Å². The number of carbonyl (C=O) groups is 1. The number of amides is 1. The van der Waals surface area contributed by atoms with Gasteiger partial charge in [0.2, 0.25) is 0 Å². The molecule has 8 heteroatoms. The van der Waals surface area contributed by atoms with Gasteiger partial charge in [-0.1, -0.05) is 0 Å². The van der Waals surface area contributed by atoms with E-state index in [1.807, 2.05) is 15.6 Å². The van der Waals surface area contributed by atoms with Gasteiger partial charge in [-0.05, 0) is 25.8 Å². The lowest BCUT2D eigenvalue weighted by atomic mass is 10.2. The molecule has 5 rings (SSSR count). The summed E-state index contributed by atoms with van der Waals surface area (Å²) in [7, 11) is 0. The van der Waals surface area contributed by atoms with E-state index in [0.717, 1.165) is 68.5 Å². The van der Waals surface area contributed by atoms with Crippen molar-refractivity contribution in [2.24, 2.45) is 0 Å². The normalized spacial score (nSPS) is 18.0. The van der Waals surface area contributed by atoms with Crippen LogP contribution in [0.5, 0.6) is 0 Å². The summed E-state index contributed by atoms with van der Waals surface area (Å²) >= 11 is 1.67.